The van der Waals surface area contributed by atoms with E-state index in [9.17, 15) is 5.11 Å². The van der Waals surface area contributed by atoms with Crippen LogP contribution < -0.4 is 20.7 Å². The molecule has 148 valence electrons. The number of fused-ring (bicyclic) bond motifs is 1. The highest BCUT2D eigenvalue weighted by Crippen LogP contribution is 2.48. The first-order valence-corrected chi connectivity index (χ1v) is 10.5. The molecule has 2 saturated heterocycles. The van der Waals surface area contributed by atoms with Gasteiger partial charge in [0.05, 0.1) is 0 Å². The zero-order chi connectivity index (χ0) is 19.1. The molecule has 0 amide bonds. The summed E-state index contributed by atoms with van der Waals surface area (Å²) in [5, 5.41) is 13.5. The summed E-state index contributed by atoms with van der Waals surface area (Å²) >= 11 is 0. The molecule has 0 aromatic heterocycles. The van der Waals surface area contributed by atoms with Crippen molar-refractivity contribution in [2.75, 3.05) is 31.1 Å². The van der Waals surface area contributed by atoms with E-state index >= 15 is 0 Å². The van der Waals surface area contributed by atoms with E-state index in [1.807, 2.05) is 12.1 Å². The summed E-state index contributed by atoms with van der Waals surface area (Å²) in [5.41, 5.74) is 9.58. The fourth-order valence-electron chi connectivity index (χ4n) is 5.10. The fraction of sp³-hybridized carbons (Fsp3) is 0.478. The summed E-state index contributed by atoms with van der Waals surface area (Å²) in [7, 11) is 0. The molecule has 3 aliphatic rings. The summed E-state index contributed by atoms with van der Waals surface area (Å²) in [6.07, 6.45) is 4.03. The van der Waals surface area contributed by atoms with Gasteiger partial charge in [-0.3, -0.25) is 0 Å². The lowest BCUT2D eigenvalue weighted by atomic mass is 9.75. The number of benzene rings is 2. The van der Waals surface area contributed by atoms with Crippen molar-refractivity contribution >= 4 is 5.69 Å². The third-order valence-corrected chi connectivity index (χ3v) is 6.65. The van der Waals surface area contributed by atoms with Gasteiger partial charge in [0.1, 0.15) is 17.1 Å². The number of phenolic OH excluding ortho intramolecular Hbond substituents is 1. The molecule has 0 radical (unpaired) electrons. The van der Waals surface area contributed by atoms with E-state index in [1.165, 1.54) is 16.8 Å². The minimum absolute atomic E-state index is 0.131. The van der Waals surface area contributed by atoms with Crippen LogP contribution in [0.4, 0.5) is 5.69 Å². The van der Waals surface area contributed by atoms with Crippen molar-refractivity contribution < 1.29 is 9.84 Å². The SMILES string of the molecule is NC1CCN(c2ccc3c(c2)OC2(CCNCC2)CC3c2cccc(O)c2)C1. The second-order valence-electron chi connectivity index (χ2n) is 8.60. The molecule has 0 saturated carbocycles. The lowest BCUT2D eigenvalue weighted by Gasteiger charge is -2.45. The number of ether oxygens (including phenoxy) is 1. The Morgan fingerprint density at radius 3 is 2.75 bits per heavy atom. The van der Waals surface area contributed by atoms with Gasteiger partial charge in [-0.2, -0.15) is 0 Å². The van der Waals surface area contributed by atoms with Crippen LogP contribution in [0.25, 0.3) is 0 Å². The fourth-order valence-corrected chi connectivity index (χ4v) is 5.10. The number of hydrogen-bond acceptors (Lipinski definition) is 5. The van der Waals surface area contributed by atoms with Crippen molar-refractivity contribution in [2.45, 2.75) is 43.2 Å². The van der Waals surface area contributed by atoms with E-state index in [1.54, 1.807) is 6.07 Å². The molecule has 0 bridgehead atoms. The number of hydrogen-bond donors (Lipinski definition) is 3. The topological polar surface area (TPSA) is 70.8 Å². The highest BCUT2D eigenvalue weighted by Gasteiger charge is 2.42. The van der Waals surface area contributed by atoms with E-state index in [4.69, 9.17) is 10.5 Å². The Hall–Kier alpha value is -2.24. The van der Waals surface area contributed by atoms with Gasteiger partial charge in [-0.25, -0.2) is 0 Å². The third kappa shape index (κ3) is 3.23. The molecule has 2 fully saturated rings. The highest BCUT2D eigenvalue weighted by atomic mass is 16.5. The maximum Gasteiger partial charge on any atom is 0.126 e. The molecular formula is C23H29N3O2. The molecule has 3 heterocycles. The van der Waals surface area contributed by atoms with E-state index in [-0.39, 0.29) is 17.6 Å². The van der Waals surface area contributed by atoms with Crippen molar-refractivity contribution in [2.24, 2.45) is 5.73 Å². The first-order chi connectivity index (χ1) is 13.6. The number of nitrogens with one attached hydrogen (secondary N) is 1. The summed E-state index contributed by atoms with van der Waals surface area (Å²) in [6.45, 7) is 3.89. The van der Waals surface area contributed by atoms with Gasteiger partial charge in [0.2, 0.25) is 0 Å². The summed E-state index contributed by atoms with van der Waals surface area (Å²) in [4.78, 5) is 2.36. The molecule has 2 unspecified atom stereocenters. The molecule has 2 aromatic rings. The van der Waals surface area contributed by atoms with Crippen LogP contribution >= 0.6 is 0 Å². The van der Waals surface area contributed by atoms with Gasteiger partial charge in [0.15, 0.2) is 0 Å². The number of anilines is 1. The molecule has 28 heavy (non-hydrogen) atoms. The highest BCUT2D eigenvalue weighted by molar-refractivity contribution is 5.58. The third-order valence-electron chi connectivity index (χ3n) is 6.65. The van der Waals surface area contributed by atoms with E-state index < -0.39 is 0 Å². The minimum atomic E-state index is -0.131. The van der Waals surface area contributed by atoms with E-state index in [0.717, 1.165) is 57.6 Å². The Balaban J connectivity index is 1.55. The zero-order valence-corrected chi connectivity index (χ0v) is 16.2. The monoisotopic (exact) mass is 379 g/mol. The van der Waals surface area contributed by atoms with Crippen LogP contribution in [-0.4, -0.2) is 42.9 Å². The van der Waals surface area contributed by atoms with Gasteiger partial charge >= 0.3 is 0 Å². The Morgan fingerprint density at radius 1 is 1.14 bits per heavy atom. The summed E-state index contributed by atoms with van der Waals surface area (Å²) < 4.78 is 6.71. The van der Waals surface area contributed by atoms with Crippen molar-refractivity contribution in [1.29, 1.82) is 0 Å². The number of aromatic hydroxyl groups is 1. The molecule has 3 aliphatic heterocycles. The van der Waals surface area contributed by atoms with Crippen LogP contribution in [0.5, 0.6) is 11.5 Å². The largest absolute Gasteiger partial charge is 0.508 e. The van der Waals surface area contributed by atoms with Crippen LogP contribution in [0.2, 0.25) is 0 Å². The standard InChI is InChI=1S/C23H29N3O2/c24-17-6-11-26(15-17)18-4-5-20-21(16-2-1-3-19(27)12-16)14-23(28-22(20)13-18)7-9-25-10-8-23/h1-5,12-13,17,21,25,27H,6-11,14-15,24H2. The van der Waals surface area contributed by atoms with Crippen molar-refractivity contribution in [1.82, 2.24) is 5.32 Å². The van der Waals surface area contributed by atoms with Gasteiger partial charge in [-0.15, -0.1) is 0 Å². The van der Waals surface area contributed by atoms with Crippen molar-refractivity contribution in [3.63, 3.8) is 0 Å². The van der Waals surface area contributed by atoms with Gasteiger partial charge in [0.25, 0.3) is 0 Å². The molecule has 2 aromatic carbocycles. The normalized spacial score (nSPS) is 26.1. The molecule has 5 nitrogen and oxygen atoms in total. The van der Waals surface area contributed by atoms with E-state index in [0.29, 0.717) is 5.75 Å². The predicted octanol–water partition coefficient (Wildman–Crippen LogP) is 2.97. The van der Waals surface area contributed by atoms with Crippen molar-refractivity contribution in [3.05, 3.63) is 53.6 Å². The lowest BCUT2D eigenvalue weighted by molar-refractivity contribution is 0.0114. The number of rotatable bonds is 2. The lowest BCUT2D eigenvalue weighted by Crippen LogP contribution is -2.49. The van der Waals surface area contributed by atoms with Gasteiger partial charge < -0.3 is 25.8 Å². The molecule has 1 spiro atoms. The summed E-state index contributed by atoms with van der Waals surface area (Å²) in [5.74, 6) is 1.57. The molecule has 4 N–H and O–H groups in total. The molecular weight excluding hydrogens is 350 g/mol. The zero-order valence-electron chi connectivity index (χ0n) is 16.2. The van der Waals surface area contributed by atoms with Gasteiger partial charge in [-0.05, 0) is 62.5 Å². The quantitative estimate of drug-likeness (QED) is 0.748. The van der Waals surface area contributed by atoms with Gasteiger partial charge in [0, 0.05) is 42.4 Å². The smallest absolute Gasteiger partial charge is 0.126 e. The summed E-state index contributed by atoms with van der Waals surface area (Å²) in [6, 6.07) is 14.6. The van der Waals surface area contributed by atoms with Crippen LogP contribution in [0.1, 0.15) is 42.7 Å². The Morgan fingerprint density at radius 2 is 2.00 bits per heavy atom. The number of phenols is 1. The maximum absolute atomic E-state index is 10.0. The molecule has 0 aliphatic carbocycles. The first-order valence-electron chi connectivity index (χ1n) is 10.5. The Kier molecular flexibility index (Phi) is 4.44. The van der Waals surface area contributed by atoms with E-state index in [2.05, 4.69) is 34.5 Å². The number of piperidine rings is 1. The second-order valence-corrected chi connectivity index (χ2v) is 8.60. The second kappa shape index (κ2) is 6.98. The van der Waals surface area contributed by atoms with Crippen LogP contribution in [0.15, 0.2) is 42.5 Å². The number of nitrogens with zero attached hydrogens (tertiary/aromatic N) is 1. The van der Waals surface area contributed by atoms with Crippen molar-refractivity contribution in [3.8, 4) is 11.5 Å². The molecule has 5 rings (SSSR count). The Bertz CT molecular complexity index is 863. The average molecular weight is 380 g/mol. The number of nitrogens with two attached hydrogens (primary N) is 1. The molecule has 2 atom stereocenters. The minimum Gasteiger partial charge on any atom is -0.508 e. The van der Waals surface area contributed by atoms with Crippen LogP contribution in [0.3, 0.4) is 0 Å². The van der Waals surface area contributed by atoms with Crippen LogP contribution in [-0.2, 0) is 0 Å². The van der Waals surface area contributed by atoms with Crippen LogP contribution in [0, 0.1) is 0 Å². The first kappa shape index (κ1) is 17.8. The maximum atomic E-state index is 10.0. The predicted molar refractivity (Wildman–Crippen MR) is 111 cm³/mol. The van der Waals surface area contributed by atoms with Gasteiger partial charge in [-0.1, -0.05) is 18.2 Å². The molecule has 5 heteroatoms. The average Bonchev–Trinajstić information content (AvgIpc) is 3.14. The Labute approximate surface area is 166 Å².